The molecule has 2 aromatic rings. The smallest absolute Gasteiger partial charge is 0.248 e. The molecule has 0 aliphatic rings. The monoisotopic (exact) mass is 271 g/mol. The Morgan fingerprint density at radius 1 is 1.35 bits per heavy atom. The van der Waals surface area contributed by atoms with E-state index in [9.17, 15) is 4.79 Å². The SMILES string of the molecule is COc1ccc(/C=C/C(=O)Nc2cnn(C)c2C)cc1. The van der Waals surface area contributed by atoms with Gasteiger partial charge in [0.25, 0.3) is 0 Å². The summed E-state index contributed by atoms with van der Waals surface area (Å²) in [5.41, 5.74) is 2.57. The van der Waals surface area contributed by atoms with Crippen molar-refractivity contribution in [3.63, 3.8) is 0 Å². The van der Waals surface area contributed by atoms with Crippen LogP contribution < -0.4 is 10.1 Å². The van der Waals surface area contributed by atoms with Gasteiger partial charge >= 0.3 is 0 Å². The molecule has 1 heterocycles. The molecule has 2 rings (SSSR count). The largest absolute Gasteiger partial charge is 0.497 e. The Kier molecular flexibility index (Phi) is 4.20. The number of rotatable bonds is 4. The van der Waals surface area contributed by atoms with Crippen LogP contribution >= 0.6 is 0 Å². The Balaban J connectivity index is 2.00. The Hall–Kier alpha value is -2.56. The van der Waals surface area contributed by atoms with Crippen molar-refractivity contribution in [3.05, 3.63) is 47.8 Å². The van der Waals surface area contributed by atoms with Gasteiger partial charge in [-0.05, 0) is 30.7 Å². The fraction of sp³-hybridized carbons (Fsp3) is 0.200. The number of nitrogens with zero attached hydrogens (tertiary/aromatic N) is 2. The molecule has 0 bridgehead atoms. The number of aromatic nitrogens is 2. The molecule has 0 spiro atoms. The van der Waals surface area contributed by atoms with E-state index < -0.39 is 0 Å². The molecule has 5 nitrogen and oxygen atoms in total. The number of aryl methyl sites for hydroxylation is 1. The van der Waals surface area contributed by atoms with Crippen LogP contribution in [-0.2, 0) is 11.8 Å². The van der Waals surface area contributed by atoms with Crippen molar-refractivity contribution in [1.82, 2.24) is 9.78 Å². The number of ether oxygens (including phenoxy) is 1. The molecule has 1 N–H and O–H groups in total. The zero-order valence-electron chi connectivity index (χ0n) is 11.8. The van der Waals surface area contributed by atoms with E-state index in [-0.39, 0.29) is 5.91 Å². The van der Waals surface area contributed by atoms with Gasteiger partial charge in [0.15, 0.2) is 0 Å². The van der Waals surface area contributed by atoms with Crippen LogP contribution in [0.1, 0.15) is 11.3 Å². The van der Waals surface area contributed by atoms with Crippen molar-refractivity contribution < 1.29 is 9.53 Å². The lowest BCUT2D eigenvalue weighted by atomic mass is 10.2. The number of hydrogen-bond donors (Lipinski definition) is 1. The number of benzene rings is 1. The summed E-state index contributed by atoms with van der Waals surface area (Å²) in [7, 11) is 3.45. The molecule has 1 amide bonds. The van der Waals surface area contributed by atoms with E-state index in [0.29, 0.717) is 0 Å². The third-order valence-electron chi connectivity index (χ3n) is 3.04. The number of amides is 1. The summed E-state index contributed by atoms with van der Waals surface area (Å²) in [6.07, 6.45) is 4.88. The van der Waals surface area contributed by atoms with Crippen molar-refractivity contribution >= 4 is 17.7 Å². The molecule has 5 heteroatoms. The molecule has 20 heavy (non-hydrogen) atoms. The van der Waals surface area contributed by atoms with Gasteiger partial charge in [-0.2, -0.15) is 5.10 Å². The second-order valence-electron chi connectivity index (χ2n) is 4.36. The summed E-state index contributed by atoms with van der Waals surface area (Å²) in [6.45, 7) is 1.90. The lowest BCUT2D eigenvalue weighted by Gasteiger charge is -2.01. The van der Waals surface area contributed by atoms with E-state index in [4.69, 9.17) is 4.74 Å². The van der Waals surface area contributed by atoms with Crippen molar-refractivity contribution in [2.75, 3.05) is 12.4 Å². The summed E-state index contributed by atoms with van der Waals surface area (Å²) in [6, 6.07) is 7.47. The zero-order valence-corrected chi connectivity index (χ0v) is 11.8. The van der Waals surface area contributed by atoms with Gasteiger partial charge in [0.05, 0.1) is 24.7 Å². The van der Waals surface area contributed by atoms with Crippen LogP contribution in [0, 0.1) is 6.92 Å². The predicted molar refractivity (Wildman–Crippen MR) is 78.6 cm³/mol. The molecular formula is C15H17N3O2. The maximum Gasteiger partial charge on any atom is 0.248 e. The van der Waals surface area contributed by atoms with Crippen LogP contribution in [0.3, 0.4) is 0 Å². The lowest BCUT2D eigenvalue weighted by molar-refractivity contribution is -0.111. The second-order valence-corrected chi connectivity index (χ2v) is 4.36. The minimum Gasteiger partial charge on any atom is -0.497 e. The molecule has 104 valence electrons. The molecular weight excluding hydrogens is 254 g/mol. The van der Waals surface area contributed by atoms with Gasteiger partial charge in [-0.15, -0.1) is 0 Å². The van der Waals surface area contributed by atoms with Gasteiger partial charge < -0.3 is 10.1 Å². The Morgan fingerprint density at radius 2 is 2.05 bits per heavy atom. The minimum absolute atomic E-state index is 0.183. The molecule has 0 unspecified atom stereocenters. The van der Waals surface area contributed by atoms with E-state index in [1.165, 1.54) is 6.08 Å². The predicted octanol–water partition coefficient (Wildman–Crippen LogP) is 2.39. The van der Waals surface area contributed by atoms with Gasteiger partial charge in [0, 0.05) is 13.1 Å². The first kappa shape index (κ1) is 13.9. The van der Waals surface area contributed by atoms with Crippen LogP contribution in [0.4, 0.5) is 5.69 Å². The normalized spacial score (nSPS) is 10.8. The highest BCUT2D eigenvalue weighted by Crippen LogP contribution is 2.14. The Labute approximate surface area is 117 Å². The van der Waals surface area contributed by atoms with E-state index >= 15 is 0 Å². The van der Waals surface area contributed by atoms with Crippen LogP contribution in [-0.4, -0.2) is 22.8 Å². The second kappa shape index (κ2) is 6.06. The van der Waals surface area contributed by atoms with Gasteiger partial charge in [0.1, 0.15) is 5.75 Å². The summed E-state index contributed by atoms with van der Waals surface area (Å²) in [5, 5.41) is 6.86. The molecule has 1 aromatic carbocycles. The summed E-state index contributed by atoms with van der Waals surface area (Å²) in [5.74, 6) is 0.606. The third-order valence-corrected chi connectivity index (χ3v) is 3.04. The molecule has 0 saturated heterocycles. The lowest BCUT2D eigenvalue weighted by Crippen LogP contribution is -2.08. The molecule has 0 fully saturated rings. The fourth-order valence-corrected chi connectivity index (χ4v) is 1.68. The minimum atomic E-state index is -0.183. The molecule has 0 atom stereocenters. The van der Waals surface area contributed by atoms with E-state index in [1.807, 2.05) is 38.2 Å². The number of anilines is 1. The van der Waals surface area contributed by atoms with Crippen LogP contribution in [0.5, 0.6) is 5.75 Å². The van der Waals surface area contributed by atoms with Gasteiger partial charge in [-0.25, -0.2) is 0 Å². The van der Waals surface area contributed by atoms with E-state index in [0.717, 1.165) is 22.7 Å². The molecule has 1 aromatic heterocycles. The summed E-state index contributed by atoms with van der Waals surface area (Å²) >= 11 is 0. The van der Waals surface area contributed by atoms with Gasteiger partial charge in [-0.3, -0.25) is 9.48 Å². The summed E-state index contributed by atoms with van der Waals surface area (Å²) in [4.78, 5) is 11.8. The van der Waals surface area contributed by atoms with Crippen LogP contribution in [0.25, 0.3) is 6.08 Å². The van der Waals surface area contributed by atoms with E-state index in [1.54, 1.807) is 24.1 Å². The third kappa shape index (κ3) is 3.26. The van der Waals surface area contributed by atoms with Crippen LogP contribution in [0.2, 0.25) is 0 Å². The van der Waals surface area contributed by atoms with Crippen molar-refractivity contribution in [1.29, 1.82) is 0 Å². The molecule has 0 aliphatic heterocycles. The standard InChI is InChI=1S/C15H17N3O2/c1-11-14(10-16-18(11)2)17-15(19)9-6-12-4-7-13(20-3)8-5-12/h4-10H,1-3H3,(H,17,19)/b9-6+. The van der Waals surface area contributed by atoms with E-state index in [2.05, 4.69) is 10.4 Å². The first-order chi connectivity index (χ1) is 9.60. The van der Waals surface area contributed by atoms with Crippen LogP contribution in [0.15, 0.2) is 36.5 Å². The zero-order chi connectivity index (χ0) is 14.5. The quantitative estimate of drug-likeness (QED) is 0.869. The number of carbonyl (C=O) groups is 1. The molecule has 0 saturated carbocycles. The maximum atomic E-state index is 11.8. The first-order valence-corrected chi connectivity index (χ1v) is 6.22. The average molecular weight is 271 g/mol. The van der Waals surface area contributed by atoms with Gasteiger partial charge in [-0.1, -0.05) is 12.1 Å². The highest BCUT2D eigenvalue weighted by atomic mass is 16.5. The number of methoxy groups -OCH3 is 1. The number of hydrogen-bond acceptors (Lipinski definition) is 3. The van der Waals surface area contributed by atoms with Gasteiger partial charge in [0.2, 0.25) is 5.91 Å². The highest BCUT2D eigenvalue weighted by molar-refractivity contribution is 6.02. The Morgan fingerprint density at radius 3 is 2.60 bits per heavy atom. The molecule has 0 radical (unpaired) electrons. The fourth-order valence-electron chi connectivity index (χ4n) is 1.68. The average Bonchev–Trinajstić information content (AvgIpc) is 2.78. The van der Waals surface area contributed by atoms with Crippen molar-refractivity contribution in [3.8, 4) is 5.75 Å². The first-order valence-electron chi connectivity index (χ1n) is 6.22. The maximum absolute atomic E-state index is 11.8. The summed E-state index contributed by atoms with van der Waals surface area (Å²) < 4.78 is 6.79. The van der Waals surface area contributed by atoms with Crippen molar-refractivity contribution in [2.24, 2.45) is 7.05 Å². The highest BCUT2D eigenvalue weighted by Gasteiger charge is 2.05. The topological polar surface area (TPSA) is 56.1 Å². The molecule has 0 aliphatic carbocycles. The number of nitrogens with one attached hydrogen (secondary N) is 1. The number of carbonyl (C=O) groups excluding carboxylic acids is 1. The Bertz CT molecular complexity index is 627. The van der Waals surface area contributed by atoms with Crippen molar-refractivity contribution in [2.45, 2.75) is 6.92 Å².